The number of ether oxygens (including phenoxy) is 1. The van der Waals surface area contributed by atoms with E-state index in [1.165, 1.54) is 54.7 Å². The van der Waals surface area contributed by atoms with Crippen molar-refractivity contribution >= 4 is 39.1 Å². The highest BCUT2D eigenvalue weighted by molar-refractivity contribution is 7.93. The van der Waals surface area contributed by atoms with Gasteiger partial charge in [-0.25, -0.2) is 12.7 Å². The second-order valence-corrected chi connectivity index (χ2v) is 11.8. The van der Waals surface area contributed by atoms with Gasteiger partial charge in [-0.1, -0.05) is 29.8 Å². The lowest BCUT2D eigenvalue weighted by Crippen LogP contribution is -2.59. The molecule has 3 aromatic rings. The van der Waals surface area contributed by atoms with Gasteiger partial charge in [-0.2, -0.15) is 0 Å². The number of β-amino-alcohol motifs (C(OH)–C–C–N with tert-alkyl or cyclic N) is 1. The third-order valence-electron chi connectivity index (χ3n) is 7.17. The van der Waals surface area contributed by atoms with Gasteiger partial charge in [0.05, 0.1) is 24.9 Å². The second-order valence-electron chi connectivity index (χ2n) is 9.63. The molecule has 204 valence electrons. The number of rotatable bonds is 6. The van der Waals surface area contributed by atoms with Crippen LogP contribution < -0.4 is 9.04 Å². The van der Waals surface area contributed by atoms with Crippen LogP contribution in [0, 0.1) is 0 Å². The van der Waals surface area contributed by atoms with Crippen molar-refractivity contribution in [2.24, 2.45) is 0 Å². The highest BCUT2D eigenvalue weighted by Gasteiger charge is 2.63. The van der Waals surface area contributed by atoms with Crippen LogP contribution in [0.2, 0.25) is 5.02 Å². The summed E-state index contributed by atoms with van der Waals surface area (Å²) in [6.45, 7) is -0.0826. The minimum Gasteiger partial charge on any atom is -0.496 e. The number of methoxy groups -OCH3 is 1. The number of hydrogen-bond donors (Lipinski definition) is 1. The molecule has 0 radical (unpaired) electrons. The molecule has 10 nitrogen and oxygen atoms in total. The minimum absolute atomic E-state index is 0.0481. The zero-order chi connectivity index (χ0) is 28.1. The number of pyridine rings is 1. The lowest BCUT2D eigenvalue weighted by atomic mass is 9.80. The highest BCUT2D eigenvalue weighted by Crippen LogP contribution is 2.54. The molecule has 1 unspecified atom stereocenters. The number of likely N-dealkylation sites (tertiary alicyclic amines) is 1. The molecular formula is C27H27ClN4O6S. The molecule has 2 aromatic carbocycles. The molecule has 1 fully saturated rings. The zero-order valence-corrected chi connectivity index (χ0v) is 23.1. The van der Waals surface area contributed by atoms with Crippen molar-refractivity contribution in [2.45, 2.75) is 29.0 Å². The van der Waals surface area contributed by atoms with E-state index < -0.39 is 33.6 Å². The normalized spacial score (nSPS) is 23.1. The lowest BCUT2D eigenvalue weighted by molar-refractivity contribution is -0.138. The first-order chi connectivity index (χ1) is 18.5. The van der Waals surface area contributed by atoms with Crippen molar-refractivity contribution in [3.8, 4) is 5.75 Å². The smallest absolute Gasteiger partial charge is 0.272 e. The summed E-state index contributed by atoms with van der Waals surface area (Å²) in [6, 6.07) is 13.1. The number of carbonyl (C=O) groups is 2. The number of fused-ring (bicyclic) bond motifs is 1. The van der Waals surface area contributed by atoms with Crippen LogP contribution in [0.1, 0.15) is 17.5 Å². The number of benzene rings is 2. The molecule has 2 amide bonds. The first-order valence-corrected chi connectivity index (χ1v) is 14.0. The van der Waals surface area contributed by atoms with E-state index in [0.717, 1.165) is 4.31 Å². The van der Waals surface area contributed by atoms with Crippen molar-refractivity contribution in [3.05, 3.63) is 83.1 Å². The topological polar surface area (TPSA) is 120 Å². The number of hydrogen-bond acceptors (Lipinski definition) is 8. The standard InChI is InChI=1S/C27H27ClN4O6S/c1-30(2)25(34)23-14-18(33)16-31(23)27(20-8-4-5-9-24(20)38-3)21-13-17(28)10-11-22(21)32(26(27)35)39(36,37)19-7-6-12-29-15-19/h4-13,15,18,23,33H,14,16H2,1-3H3/t18-,23+,27?/m1/s1. The Balaban J connectivity index is 1.88. The molecule has 12 heteroatoms. The molecule has 0 aliphatic carbocycles. The van der Waals surface area contributed by atoms with E-state index in [-0.39, 0.29) is 40.0 Å². The summed E-state index contributed by atoms with van der Waals surface area (Å²) in [5.41, 5.74) is -1.23. The number of aliphatic hydroxyl groups is 1. The highest BCUT2D eigenvalue weighted by atomic mass is 35.5. The van der Waals surface area contributed by atoms with Gasteiger partial charge in [-0.3, -0.25) is 19.5 Å². The summed E-state index contributed by atoms with van der Waals surface area (Å²) < 4.78 is 34.5. The zero-order valence-electron chi connectivity index (χ0n) is 21.5. The Morgan fingerprint density at radius 3 is 2.56 bits per heavy atom. The number of likely N-dealkylation sites (N-methyl/N-ethyl adjacent to an activating group) is 1. The molecule has 3 atom stereocenters. The number of aliphatic hydroxyl groups excluding tert-OH is 1. The molecule has 39 heavy (non-hydrogen) atoms. The van der Waals surface area contributed by atoms with Gasteiger partial charge in [-0.05, 0) is 42.8 Å². The largest absolute Gasteiger partial charge is 0.496 e. The van der Waals surface area contributed by atoms with Gasteiger partial charge in [0.25, 0.3) is 15.9 Å². The van der Waals surface area contributed by atoms with E-state index in [1.54, 1.807) is 43.3 Å². The predicted molar refractivity (Wildman–Crippen MR) is 144 cm³/mol. The molecule has 2 aliphatic rings. The van der Waals surface area contributed by atoms with E-state index >= 15 is 0 Å². The Bertz CT molecular complexity index is 1550. The Morgan fingerprint density at radius 1 is 1.15 bits per heavy atom. The van der Waals surface area contributed by atoms with E-state index in [0.29, 0.717) is 11.3 Å². The van der Waals surface area contributed by atoms with E-state index in [1.807, 2.05) is 0 Å². The predicted octanol–water partition coefficient (Wildman–Crippen LogP) is 2.25. The molecule has 1 aromatic heterocycles. The van der Waals surface area contributed by atoms with Crippen molar-refractivity contribution in [1.82, 2.24) is 14.8 Å². The number of nitrogens with zero attached hydrogens (tertiary/aromatic N) is 4. The first-order valence-electron chi connectivity index (χ1n) is 12.1. The Morgan fingerprint density at radius 2 is 1.90 bits per heavy atom. The summed E-state index contributed by atoms with van der Waals surface area (Å²) >= 11 is 6.46. The molecule has 1 saturated heterocycles. The van der Waals surface area contributed by atoms with Crippen LogP contribution in [0.25, 0.3) is 0 Å². The number of carbonyl (C=O) groups excluding carboxylic acids is 2. The first kappa shape index (κ1) is 27.1. The number of anilines is 1. The minimum atomic E-state index is -4.46. The van der Waals surface area contributed by atoms with Gasteiger partial charge in [0.15, 0.2) is 5.54 Å². The number of amides is 2. The van der Waals surface area contributed by atoms with Crippen LogP contribution in [-0.4, -0.2) is 80.0 Å². The molecular weight excluding hydrogens is 544 g/mol. The number of sulfonamides is 1. The van der Waals surface area contributed by atoms with Crippen molar-refractivity contribution in [1.29, 1.82) is 0 Å². The van der Waals surface area contributed by atoms with Crippen LogP contribution in [0.5, 0.6) is 5.75 Å². The Kier molecular flexibility index (Phi) is 6.88. The summed E-state index contributed by atoms with van der Waals surface area (Å²) in [6.07, 6.45) is 1.69. The lowest BCUT2D eigenvalue weighted by Gasteiger charge is -2.42. The van der Waals surface area contributed by atoms with Crippen LogP contribution in [0.15, 0.2) is 71.9 Å². The third kappa shape index (κ3) is 4.08. The summed E-state index contributed by atoms with van der Waals surface area (Å²) in [5.74, 6) is -0.889. The molecule has 5 rings (SSSR count). The van der Waals surface area contributed by atoms with Crippen LogP contribution in [0.3, 0.4) is 0 Å². The number of para-hydroxylation sites is 1. The monoisotopic (exact) mass is 570 g/mol. The van der Waals surface area contributed by atoms with E-state index in [4.69, 9.17) is 16.3 Å². The van der Waals surface area contributed by atoms with Crippen LogP contribution >= 0.6 is 11.6 Å². The maximum absolute atomic E-state index is 14.9. The number of aromatic nitrogens is 1. The maximum Gasteiger partial charge on any atom is 0.272 e. The van der Waals surface area contributed by atoms with Gasteiger partial charge < -0.3 is 14.7 Å². The molecule has 0 bridgehead atoms. The van der Waals surface area contributed by atoms with E-state index in [9.17, 15) is 23.1 Å². The molecule has 0 spiro atoms. The Hall–Kier alpha value is -3.51. The quantitative estimate of drug-likeness (QED) is 0.479. The Labute approximate surface area is 231 Å². The van der Waals surface area contributed by atoms with Crippen LogP contribution in [-0.2, 0) is 25.2 Å². The molecule has 3 heterocycles. The number of halogens is 1. The van der Waals surface area contributed by atoms with E-state index in [2.05, 4.69) is 4.98 Å². The average molecular weight is 571 g/mol. The second kappa shape index (κ2) is 9.91. The van der Waals surface area contributed by atoms with Crippen LogP contribution in [0.4, 0.5) is 5.69 Å². The molecule has 0 saturated carbocycles. The molecule has 2 aliphatic heterocycles. The van der Waals surface area contributed by atoms with Gasteiger partial charge in [0.1, 0.15) is 10.6 Å². The SMILES string of the molecule is COc1ccccc1C1(N2C[C@H](O)C[C@H]2C(=O)N(C)C)C(=O)N(S(=O)(=O)c2cccnc2)c2ccc(Cl)cc21. The van der Waals surface area contributed by atoms with Gasteiger partial charge >= 0.3 is 0 Å². The summed E-state index contributed by atoms with van der Waals surface area (Å²) in [7, 11) is 0.153. The molecule has 1 N–H and O–H groups in total. The summed E-state index contributed by atoms with van der Waals surface area (Å²) in [4.78, 5) is 35.0. The fourth-order valence-corrected chi connectivity index (χ4v) is 7.14. The fraction of sp³-hybridized carbons (Fsp3) is 0.296. The fourth-order valence-electron chi connectivity index (χ4n) is 5.54. The average Bonchev–Trinajstić information content (AvgIpc) is 3.43. The van der Waals surface area contributed by atoms with Crippen molar-refractivity contribution < 1.29 is 27.9 Å². The summed E-state index contributed by atoms with van der Waals surface area (Å²) in [5, 5.41) is 11.1. The van der Waals surface area contributed by atoms with Gasteiger partial charge in [-0.15, -0.1) is 0 Å². The van der Waals surface area contributed by atoms with Crippen molar-refractivity contribution in [2.75, 3.05) is 32.1 Å². The van der Waals surface area contributed by atoms with Crippen molar-refractivity contribution in [3.63, 3.8) is 0 Å². The maximum atomic E-state index is 14.9. The third-order valence-corrected chi connectivity index (χ3v) is 9.08. The van der Waals surface area contributed by atoms with Gasteiger partial charge in [0.2, 0.25) is 5.91 Å². The van der Waals surface area contributed by atoms with Gasteiger partial charge in [0, 0.05) is 49.2 Å².